The van der Waals surface area contributed by atoms with Crippen molar-refractivity contribution < 1.29 is 14.7 Å². The topological polar surface area (TPSA) is 95.1 Å². The number of carbonyl (C=O) groups is 2. The molecule has 5 aromatic carbocycles. The molecule has 6 heteroatoms. The van der Waals surface area contributed by atoms with E-state index >= 15 is 0 Å². The summed E-state index contributed by atoms with van der Waals surface area (Å²) in [5.41, 5.74) is 7.24. The van der Waals surface area contributed by atoms with E-state index in [-0.39, 0.29) is 12.3 Å². The Kier molecular flexibility index (Phi) is 11.8. The van der Waals surface area contributed by atoms with E-state index in [0.717, 1.165) is 63.2 Å². The molecule has 0 aliphatic carbocycles. The van der Waals surface area contributed by atoms with E-state index in [9.17, 15) is 14.7 Å². The number of carboxylic acid groups (broad SMARTS) is 1. The average molecular weight is 690 g/mol. The van der Waals surface area contributed by atoms with Crippen molar-refractivity contribution in [3.05, 3.63) is 163 Å². The van der Waals surface area contributed by atoms with Gasteiger partial charge in [0.2, 0.25) is 5.91 Å². The lowest BCUT2D eigenvalue weighted by Gasteiger charge is -2.41. The van der Waals surface area contributed by atoms with Crippen LogP contribution < -0.4 is 5.32 Å². The summed E-state index contributed by atoms with van der Waals surface area (Å²) in [6.45, 7) is 4.63. The van der Waals surface area contributed by atoms with Crippen molar-refractivity contribution >= 4 is 11.9 Å². The summed E-state index contributed by atoms with van der Waals surface area (Å²) in [6, 6.07) is 45.2. The van der Waals surface area contributed by atoms with Gasteiger partial charge in [-0.05, 0) is 58.2 Å². The zero-order valence-electron chi connectivity index (χ0n) is 30.0. The van der Waals surface area contributed by atoms with Crippen LogP contribution in [0.2, 0.25) is 0 Å². The standard InChI is InChI=1S/C46H47N3O3/c1-3-4-15-37(45(51)52)32-42(44(50)49-29-28-33-24-26-36(27-25-33)43-47-30-31-48-43)46(2,40-22-13-11-20-38(40)34-16-7-5-8-17-34)41-23-14-12-21-39(41)35-18-9-6-10-19-35/h5-14,16-27,30-31,37,42H,3-4,15,28-29,32H2,1-2H3,(H,47,48)(H,49,50)(H,51,52). The molecule has 1 amide bonds. The average Bonchev–Trinajstić information content (AvgIpc) is 3.74. The maximum Gasteiger partial charge on any atom is 0.306 e. The Morgan fingerprint density at radius 3 is 1.83 bits per heavy atom. The number of carboxylic acids is 1. The number of aromatic amines is 1. The second-order valence-corrected chi connectivity index (χ2v) is 13.7. The third-order valence-corrected chi connectivity index (χ3v) is 10.4. The molecule has 3 N–H and O–H groups in total. The molecule has 0 aliphatic heterocycles. The molecule has 6 aromatic rings. The van der Waals surface area contributed by atoms with Gasteiger partial charge in [0, 0.05) is 29.9 Å². The number of amides is 1. The molecular formula is C46H47N3O3. The highest BCUT2D eigenvalue weighted by atomic mass is 16.4. The number of nitrogens with one attached hydrogen (secondary N) is 2. The number of aromatic nitrogens is 2. The van der Waals surface area contributed by atoms with Gasteiger partial charge in [-0.15, -0.1) is 0 Å². The fraction of sp³-hybridized carbons (Fsp3) is 0.239. The largest absolute Gasteiger partial charge is 0.481 e. The zero-order chi connectivity index (χ0) is 36.3. The molecule has 0 radical (unpaired) electrons. The van der Waals surface area contributed by atoms with Gasteiger partial charge in [-0.1, -0.05) is 160 Å². The smallest absolute Gasteiger partial charge is 0.306 e. The van der Waals surface area contributed by atoms with Crippen LogP contribution in [-0.2, 0) is 21.4 Å². The number of unbranched alkanes of at least 4 members (excludes halogenated alkanes) is 1. The van der Waals surface area contributed by atoms with Crippen molar-refractivity contribution in [3.63, 3.8) is 0 Å². The summed E-state index contributed by atoms with van der Waals surface area (Å²) >= 11 is 0. The van der Waals surface area contributed by atoms with Gasteiger partial charge in [-0.2, -0.15) is 0 Å². The summed E-state index contributed by atoms with van der Waals surface area (Å²) in [7, 11) is 0. The lowest BCUT2D eigenvalue weighted by Crippen LogP contribution is -2.46. The molecule has 0 spiro atoms. The van der Waals surface area contributed by atoms with Crippen LogP contribution in [0, 0.1) is 11.8 Å². The second kappa shape index (κ2) is 17.0. The SMILES string of the molecule is CCCCC(CC(C(=O)NCCc1ccc(-c2ncc[nH]2)cc1)C(C)(c1ccccc1-c1ccccc1)c1ccccc1-c1ccccc1)C(=O)O. The number of rotatable bonds is 16. The number of nitrogens with zero attached hydrogens (tertiary/aromatic N) is 1. The van der Waals surface area contributed by atoms with Crippen LogP contribution in [-0.4, -0.2) is 33.5 Å². The van der Waals surface area contributed by atoms with E-state index < -0.39 is 23.2 Å². The van der Waals surface area contributed by atoms with Gasteiger partial charge in [-0.3, -0.25) is 9.59 Å². The van der Waals surface area contributed by atoms with E-state index in [2.05, 4.69) is 89.8 Å². The van der Waals surface area contributed by atoms with Gasteiger partial charge >= 0.3 is 5.97 Å². The van der Waals surface area contributed by atoms with Crippen LogP contribution in [0.4, 0.5) is 0 Å². The minimum atomic E-state index is -0.923. The minimum absolute atomic E-state index is 0.150. The highest BCUT2D eigenvalue weighted by Gasteiger charge is 2.46. The van der Waals surface area contributed by atoms with Crippen LogP contribution in [0.3, 0.4) is 0 Å². The maximum absolute atomic E-state index is 14.9. The van der Waals surface area contributed by atoms with Crippen molar-refractivity contribution in [1.82, 2.24) is 15.3 Å². The summed E-state index contributed by atoms with van der Waals surface area (Å²) in [4.78, 5) is 35.3. The zero-order valence-corrected chi connectivity index (χ0v) is 30.0. The van der Waals surface area contributed by atoms with Crippen molar-refractivity contribution in [2.45, 2.75) is 51.4 Å². The molecule has 6 nitrogen and oxygen atoms in total. The Morgan fingerprint density at radius 2 is 1.31 bits per heavy atom. The Bertz CT molecular complexity index is 1960. The number of H-pyrrole nitrogens is 1. The first kappa shape index (κ1) is 36.1. The highest BCUT2D eigenvalue weighted by molar-refractivity contribution is 5.85. The molecule has 0 fully saturated rings. The Morgan fingerprint density at radius 1 is 0.750 bits per heavy atom. The maximum atomic E-state index is 14.9. The lowest BCUT2D eigenvalue weighted by molar-refractivity contribution is -0.143. The summed E-state index contributed by atoms with van der Waals surface area (Å²) in [5, 5.41) is 13.9. The monoisotopic (exact) mass is 689 g/mol. The second-order valence-electron chi connectivity index (χ2n) is 13.7. The predicted molar refractivity (Wildman–Crippen MR) is 210 cm³/mol. The van der Waals surface area contributed by atoms with E-state index in [1.807, 2.05) is 72.8 Å². The van der Waals surface area contributed by atoms with E-state index in [1.165, 1.54) is 0 Å². The predicted octanol–water partition coefficient (Wildman–Crippen LogP) is 9.97. The number of aliphatic carboxylic acids is 1. The van der Waals surface area contributed by atoms with Gasteiger partial charge < -0.3 is 15.4 Å². The van der Waals surface area contributed by atoms with Crippen LogP contribution >= 0.6 is 0 Å². The molecule has 52 heavy (non-hydrogen) atoms. The summed E-state index contributed by atoms with van der Waals surface area (Å²) in [6.07, 6.45) is 6.53. The fourth-order valence-electron chi connectivity index (χ4n) is 7.52. The number of benzene rings is 5. The van der Waals surface area contributed by atoms with Gasteiger partial charge in [-0.25, -0.2) is 4.98 Å². The number of carbonyl (C=O) groups excluding carboxylic acids is 1. The molecule has 1 aromatic heterocycles. The lowest BCUT2D eigenvalue weighted by atomic mass is 9.61. The third kappa shape index (κ3) is 8.07. The third-order valence-electron chi connectivity index (χ3n) is 10.4. The van der Waals surface area contributed by atoms with Gasteiger partial charge in [0.25, 0.3) is 0 Å². The van der Waals surface area contributed by atoms with Crippen LogP contribution in [0.1, 0.15) is 56.2 Å². The first-order chi connectivity index (χ1) is 25.4. The van der Waals surface area contributed by atoms with E-state index in [1.54, 1.807) is 12.4 Å². The van der Waals surface area contributed by atoms with Crippen LogP contribution in [0.25, 0.3) is 33.6 Å². The number of imidazole rings is 1. The molecule has 6 rings (SSSR count). The Hall–Kier alpha value is -5.75. The van der Waals surface area contributed by atoms with E-state index in [0.29, 0.717) is 19.4 Å². The number of hydrogen-bond acceptors (Lipinski definition) is 3. The molecule has 0 bridgehead atoms. The van der Waals surface area contributed by atoms with Gasteiger partial charge in [0.1, 0.15) is 5.82 Å². The Labute approximate surface area is 307 Å². The molecule has 0 aliphatic rings. The van der Waals surface area contributed by atoms with Crippen molar-refractivity contribution in [1.29, 1.82) is 0 Å². The van der Waals surface area contributed by atoms with Crippen LogP contribution in [0.15, 0.2) is 146 Å². The number of hydrogen-bond donors (Lipinski definition) is 3. The van der Waals surface area contributed by atoms with Crippen molar-refractivity contribution in [3.8, 4) is 33.6 Å². The van der Waals surface area contributed by atoms with Crippen molar-refractivity contribution in [2.24, 2.45) is 11.8 Å². The van der Waals surface area contributed by atoms with E-state index in [4.69, 9.17) is 0 Å². The first-order valence-electron chi connectivity index (χ1n) is 18.3. The molecule has 2 unspecified atom stereocenters. The Balaban J connectivity index is 1.45. The normalized spacial score (nSPS) is 12.6. The van der Waals surface area contributed by atoms with Gasteiger partial charge in [0.15, 0.2) is 0 Å². The summed E-state index contributed by atoms with van der Waals surface area (Å²) in [5.74, 6) is -1.59. The molecule has 2 atom stereocenters. The van der Waals surface area contributed by atoms with Crippen LogP contribution in [0.5, 0.6) is 0 Å². The van der Waals surface area contributed by atoms with Gasteiger partial charge in [0.05, 0.1) is 11.8 Å². The molecule has 1 heterocycles. The molecule has 0 saturated carbocycles. The first-order valence-corrected chi connectivity index (χ1v) is 18.3. The quantitative estimate of drug-likeness (QED) is 0.0943. The highest BCUT2D eigenvalue weighted by Crippen LogP contribution is 2.49. The molecular weight excluding hydrogens is 643 g/mol. The molecule has 264 valence electrons. The summed E-state index contributed by atoms with van der Waals surface area (Å²) < 4.78 is 0. The molecule has 0 saturated heterocycles. The fourth-order valence-corrected chi connectivity index (χ4v) is 7.52. The van der Waals surface area contributed by atoms with Crippen molar-refractivity contribution in [2.75, 3.05) is 6.54 Å². The minimum Gasteiger partial charge on any atom is -0.481 e.